The standard InChI is InChI=1S/C16H21NO2S/c1-2-18-14-5-3-6-15(13-14)19-11-10-17-9-8-16-7-4-12-20-16/h3-7,12-13,17H,2,8-11H2,1H3. The summed E-state index contributed by atoms with van der Waals surface area (Å²) in [4.78, 5) is 1.42. The molecule has 20 heavy (non-hydrogen) atoms. The summed E-state index contributed by atoms with van der Waals surface area (Å²) in [5, 5.41) is 5.50. The van der Waals surface area contributed by atoms with Crippen LogP contribution in [0.1, 0.15) is 11.8 Å². The maximum Gasteiger partial charge on any atom is 0.123 e. The van der Waals surface area contributed by atoms with Gasteiger partial charge in [-0.1, -0.05) is 12.1 Å². The lowest BCUT2D eigenvalue weighted by Gasteiger charge is -2.09. The van der Waals surface area contributed by atoms with Crippen molar-refractivity contribution in [3.8, 4) is 11.5 Å². The summed E-state index contributed by atoms with van der Waals surface area (Å²) in [6.07, 6.45) is 1.08. The fourth-order valence-electron chi connectivity index (χ4n) is 1.85. The van der Waals surface area contributed by atoms with Gasteiger partial charge in [-0.25, -0.2) is 0 Å². The summed E-state index contributed by atoms with van der Waals surface area (Å²) in [6.45, 7) is 5.16. The molecule has 1 aromatic carbocycles. The second kappa shape index (κ2) is 8.61. The van der Waals surface area contributed by atoms with Gasteiger partial charge in [0, 0.05) is 24.0 Å². The van der Waals surface area contributed by atoms with Crippen molar-refractivity contribution in [2.24, 2.45) is 0 Å². The van der Waals surface area contributed by atoms with Gasteiger partial charge < -0.3 is 14.8 Å². The molecule has 0 aliphatic heterocycles. The van der Waals surface area contributed by atoms with Crippen molar-refractivity contribution < 1.29 is 9.47 Å². The molecule has 4 heteroatoms. The molecule has 0 radical (unpaired) electrons. The Bertz CT molecular complexity index is 485. The predicted molar refractivity (Wildman–Crippen MR) is 84.0 cm³/mol. The average Bonchev–Trinajstić information content (AvgIpc) is 2.97. The van der Waals surface area contributed by atoms with E-state index < -0.39 is 0 Å². The van der Waals surface area contributed by atoms with Crippen molar-refractivity contribution in [1.29, 1.82) is 0 Å². The molecule has 0 amide bonds. The fraction of sp³-hybridized carbons (Fsp3) is 0.375. The van der Waals surface area contributed by atoms with E-state index in [2.05, 4.69) is 22.8 Å². The van der Waals surface area contributed by atoms with E-state index in [9.17, 15) is 0 Å². The topological polar surface area (TPSA) is 30.5 Å². The van der Waals surface area contributed by atoms with E-state index in [1.165, 1.54) is 4.88 Å². The minimum absolute atomic E-state index is 0.667. The van der Waals surface area contributed by atoms with Gasteiger partial charge in [0.1, 0.15) is 18.1 Å². The molecule has 0 atom stereocenters. The molecule has 0 fully saturated rings. The first-order chi connectivity index (χ1) is 9.88. The summed E-state index contributed by atoms with van der Waals surface area (Å²) in [5.41, 5.74) is 0. The highest BCUT2D eigenvalue weighted by Gasteiger charge is 1.97. The van der Waals surface area contributed by atoms with Crippen LogP contribution in [0.2, 0.25) is 0 Å². The van der Waals surface area contributed by atoms with Crippen LogP contribution in [-0.4, -0.2) is 26.3 Å². The van der Waals surface area contributed by atoms with Gasteiger partial charge >= 0.3 is 0 Å². The molecule has 1 N–H and O–H groups in total. The molecule has 0 saturated carbocycles. The Kier molecular flexibility index (Phi) is 6.41. The molecular formula is C16H21NO2S. The number of hydrogen-bond donors (Lipinski definition) is 1. The first-order valence-electron chi connectivity index (χ1n) is 6.97. The van der Waals surface area contributed by atoms with Crippen molar-refractivity contribution in [2.45, 2.75) is 13.3 Å². The molecule has 0 spiro atoms. The first-order valence-corrected chi connectivity index (χ1v) is 7.85. The molecule has 0 unspecified atom stereocenters. The number of thiophene rings is 1. The summed E-state index contributed by atoms with van der Waals surface area (Å²) in [7, 11) is 0. The van der Waals surface area contributed by atoms with Gasteiger partial charge in [-0.15, -0.1) is 11.3 Å². The molecule has 0 aliphatic carbocycles. The largest absolute Gasteiger partial charge is 0.494 e. The fourth-order valence-corrected chi connectivity index (χ4v) is 2.56. The molecule has 2 aromatic rings. The minimum atomic E-state index is 0.667. The van der Waals surface area contributed by atoms with Crippen LogP contribution in [0.4, 0.5) is 0 Å². The van der Waals surface area contributed by atoms with E-state index in [1.54, 1.807) is 11.3 Å². The normalized spacial score (nSPS) is 10.4. The van der Waals surface area contributed by atoms with Crippen molar-refractivity contribution >= 4 is 11.3 Å². The molecule has 3 nitrogen and oxygen atoms in total. The van der Waals surface area contributed by atoms with Gasteiger partial charge in [0.05, 0.1) is 6.61 Å². The smallest absolute Gasteiger partial charge is 0.123 e. The first kappa shape index (κ1) is 14.9. The lowest BCUT2D eigenvalue weighted by atomic mass is 10.3. The zero-order valence-corrected chi connectivity index (χ0v) is 12.6. The highest BCUT2D eigenvalue weighted by Crippen LogP contribution is 2.19. The Morgan fingerprint density at radius 1 is 1.05 bits per heavy atom. The Morgan fingerprint density at radius 2 is 1.90 bits per heavy atom. The van der Waals surface area contributed by atoms with E-state index in [1.807, 2.05) is 31.2 Å². The molecule has 108 valence electrons. The summed E-state index contributed by atoms with van der Waals surface area (Å²) < 4.78 is 11.1. The van der Waals surface area contributed by atoms with Crippen LogP contribution >= 0.6 is 11.3 Å². The Hall–Kier alpha value is -1.52. The zero-order chi connectivity index (χ0) is 14.0. The van der Waals surface area contributed by atoms with E-state index in [0.29, 0.717) is 13.2 Å². The van der Waals surface area contributed by atoms with Crippen LogP contribution in [0.15, 0.2) is 41.8 Å². The van der Waals surface area contributed by atoms with Crippen LogP contribution in [-0.2, 0) is 6.42 Å². The summed E-state index contributed by atoms with van der Waals surface area (Å²) >= 11 is 1.80. The molecule has 2 rings (SSSR count). The van der Waals surface area contributed by atoms with Crippen LogP contribution in [0, 0.1) is 0 Å². The van der Waals surface area contributed by atoms with Crippen LogP contribution < -0.4 is 14.8 Å². The Balaban J connectivity index is 1.59. The van der Waals surface area contributed by atoms with Crippen LogP contribution in [0.3, 0.4) is 0 Å². The third kappa shape index (κ3) is 5.23. The van der Waals surface area contributed by atoms with Gasteiger partial charge in [0.2, 0.25) is 0 Å². The van der Waals surface area contributed by atoms with E-state index in [4.69, 9.17) is 9.47 Å². The lowest BCUT2D eigenvalue weighted by molar-refractivity contribution is 0.307. The third-order valence-electron chi connectivity index (χ3n) is 2.79. The van der Waals surface area contributed by atoms with Crippen molar-refractivity contribution in [1.82, 2.24) is 5.32 Å². The quantitative estimate of drug-likeness (QED) is 0.719. The predicted octanol–water partition coefficient (Wildman–Crippen LogP) is 3.36. The minimum Gasteiger partial charge on any atom is -0.494 e. The summed E-state index contributed by atoms with van der Waals surface area (Å²) in [5.74, 6) is 1.71. The van der Waals surface area contributed by atoms with Crippen molar-refractivity contribution in [3.05, 3.63) is 46.7 Å². The van der Waals surface area contributed by atoms with Gasteiger partial charge in [0.15, 0.2) is 0 Å². The Labute approximate surface area is 124 Å². The molecule has 0 bridgehead atoms. The second-order valence-corrected chi connectivity index (χ2v) is 5.37. The van der Waals surface area contributed by atoms with Crippen LogP contribution in [0.5, 0.6) is 11.5 Å². The van der Waals surface area contributed by atoms with E-state index >= 15 is 0 Å². The molecule has 0 saturated heterocycles. The van der Waals surface area contributed by atoms with Gasteiger partial charge in [-0.2, -0.15) is 0 Å². The number of ether oxygens (including phenoxy) is 2. The summed E-state index contributed by atoms with van der Waals surface area (Å²) in [6, 6.07) is 12.0. The van der Waals surface area contributed by atoms with Gasteiger partial charge in [-0.3, -0.25) is 0 Å². The number of hydrogen-bond acceptors (Lipinski definition) is 4. The van der Waals surface area contributed by atoms with Gasteiger partial charge in [0.25, 0.3) is 0 Å². The Morgan fingerprint density at radius 3 is 2.65 bits per heavy atom. The van der Waals surface area contributed by atoms with Crippen molar-refractivity contribution in [2.75, 3.05) is 26.3 Å². The SMILES string of the molecule is CCOc1cccc(OCCNCCc2cccs2)c1. The lowest BCUT2D eigenvalue weighted by Crippen LogP contribution is -2.23. The molecule has 0 aliphatic rings. The maximum atomic E-state index is 5.69. The second-order valence-electron chi connectivity index (χ2n) is 4.34. The molecule has 1 aromatic heterocycles. The van der Waals surface area contributed by atoms with E-state index in [0.717, 1.165) is 31.0 Å². The van der Waals surface area contributed by atoms with Gasteiger partial charge in [-0.05, 0) is 36.9 Å². The van der Waals surface area contributed by atoms with Crippen molar-refractivity contribution in [3.63, 3.8) is 0 Å². The zero-order valence-electron chi connectivity index (χ0n) is 11.8. The maximum absolute atomic E-state index is 5.69. The van der Waals surface area contributed by atoms with E-state index in [-0.39, 0.29) is 0 Å². The third-order valence-corrected chi connectivity index (χ3v) is 3.73. The average molecular weight is 291 g/mol. The number of nitrogens with one attached hydrogen (secondary N) is 1. The highest BCUT2D eigenvalue weighted by atomic mass is 32.1. The number of benzene rings is 1. The number of rotatable bonds is 9. The molecular weight excluding hydrogens is 270 g/mol. The van der Waals surface area contributed by atoms with Crippen LogP contribution in [0.25, 0.3) is 0 Å². The molecule has 1 heterocycles. The highest BCUT2D eigenvalue weighted by molar-refractivity contribution is 7.09. The monoisotopic (exact) mass is 291 g/mol.